The minimum Gasteiger partial charge on any atom is -0.338 e. The summed E-state index contributed by atoms with van der Waals surface area (Å²) in [6, 6.07) is 6.89. The molecule has 19 heavy (non-hydrogen) atoms. The van der Waals surface area contributed by atoms with E-state index in [0.29, 0.717) is 0 Å². The van der Waals surface area contributed by atoms with Crippen LogP contribution in [0.15, 0.2) is 34.5 Å². The maximum atomic E-state index is 4.74. The van der Waals surface area contributed by atoms with Crippen LogP contribution in [-0.4, -0.2) is 18.8 Å². The van der Waals surface area contributed by atoms with Gasteiger partial charge >= 0.3 is 0 Å². The monoisotopic (exact) mass is 274 g/mol. The quantitative estimate of drug-likeness (QED) is 0.705. The van der Waals surface area contributed by atoms with Crippen LogP contribution in [0.4, 0.5) is 5.69 Å². The molecule has 0 bridgehead atoms. The van der Waals surface area contributed by atoms with Crippen molar-refractivity contribution >= 4 is 23.8 Å². The van der Waals surface area contributed by atoms with E-state index in [-0.39, 0.29) is 12.4 Å². The first-order valence-corrected chi connectivity index (χ1v) is 6.96. The van der Waals surface area contributed by atoms with E-state index < -0.39 is 0 Å². The summed E-state index contributed by atoms with van der Waals surface area (Å²) < 4.78 is 0. The Morgan fingerprint density at radius 1 is 1.21 bits per heavy atom. The van der Waals surface area contributed by atoms with Crippen LogP contribution in [0.25, 0.3) is 0 Å². The van der Waals surface area contributed by atoms with Crippen molar-refractivity contribution in [1.29, 1.82) is 0 Å². The standard InChI is InChI=1S/C16H18N2.ClH/c1-11-5-6-15-13(9-11)10-12-3-2-4-14-16(12)18(15)8-7-17-14;/h5-6,9H,2-4,7-8,10H2,1H3;1H. The molecule has 3 aliphatic rings. The molecule has 100 valence electrons. The molecule has 0 spiro atoms. The van der Waals surface area contributed by atoms with Gasteiger partial charge in [-0.1, -0.05) is 17.7 Å². The zero-order chi connectivity index (χ0) is 12.1. The van der Waals surface area contributed by atoms with Gasteiger partial charge in [0.1, 0.15) is 0 Å². The Kier molecular flexibility index (Phi) is 3.14. The molecule has 1 aromatic rings. The van der Waals surface area contributed by atoms with Crippen molar-refractivity contribution in [3.63, 3.8) is 0 Å². The van der Waals surface area contributed by atoms with Crippen LogP contribution in [0, 0.1) is 6.92 Å². The molecule has 0 atom stereocenters. The van der Waals surface area contributed by atoms with Gasteiger partial charge in [-0.3, -0.25) is 4.99 Å². The van der Waals surface area contributed by atoms with Crippen LogP contribution in [-0.2, 0) is 6.42 Å². The van der Waals surface area contributed by atoms with Crippen molar-refractivity contribution in [3.8, 4) is 0 Å². The lowest BCUT2D eigenvalue weighted by Crippen LogP contribution is -2.39. The van der Waals surface area contributed by atoms with E-state index in [4.69, 9.17) is 4.99 Å². The van der Waals surface area contributed by atoms with Crippen molar-refractivity contribution in [2.45, 2.75) is 32.6 Å². The van der Waals surface area contributed by atoms with Gasteiger partial charge in [-0.05, 0) is 49.8 Å². The smallest absolute Gasteiger partial charge is 0.0620 e. The van der Waals surface area contributed by atoms with Gasteiger partial charge in [0.15, 0.2) is 0 Å². The summed E-state index contributed by atoms with van der Waals surface area (Å²) in [5, 5.41) is 0. The van der Waals surface area contributed by atoms with Crippen molar-refractivity contribution in [1.82, 2.24) is 0 Å². The van der Waals surface area contributed by atoms with Gasteiger partial charge in [0.25, 0.3) is 0 Å². The van der Waals surface area contributed by atoms with Crippen molar-refractivity contribution < 1.29 is 0 Å². The molecule has 0 N–H and O–H groups in total. The van der Waals surface area contributed by atoms with Gasteiger partial charge < -0.3 is 4.90 Å². The van der Waals surface area contributed by atoms with Crippen LogP contribution in [0.1, 0.15) is 30.4 Å². The number of hydrogen-bond donors (Lipinski definition) is 0. The fraction of sp³-hybridized carbons (Fsp3) is 0.438. The number of aryl methyl sites for hydroxylation is 1. The van der Waals surface area contributed by atoms with E-state index in [2.05, 4.69) is 30.0 Å². The Labute approximate surface area is 120 Å². The normalized spacial score (nSPS) is 20.3. The van der Waals surface area contributed by atoms with Gasteiger partial charge in [0, 0.05) is 12.2 Å². The number of rotatable bonds is 0. The van der Waals surface area contributed by atoms with E-state index >= 15 is 0 Å². The Balaban J connectivity index is 0.00000110. The molecule has 1 aliphatic carbocycles. The minimum atomic E-state index is 0. The average molecular weight is 275 g/mol. The number of aliphatic imine (C=N–C) groups is 1. The van der Waals surface area contributed by atoms with Gasteiger partial charge in [0.2, 0.25) is 0 Å². The van der Waals surface area contributed by atoms with E-state index in [1.54, 1.807) is 5.57 Å². The minimum absolute atomic E-state index is 0. The highest BCUT2D eigenvalue weighted by atomic mass is 35.5. The molecule has 2 aliphatic heterocycles. The molecule has 0 fully saturated rings. The molecule has 1 aromatic carbocycles. The third-order valence-electron chi connectivity index (χ3n) is 4.33. The first kappa shape index (κ1) is 12.7. The molecule has 0 radical (unpaired) electrons. The van der Waals surface area contributed by atoms with Crippen molar-refractivity contribution in [3.05, 3.63) is 40.6 Å². The molecule has 2 nitrogen and oxygen atoms in total. The molecule has 3 heteroatoms. The summed E-state index contributed by atoms with van der Waals surface area (Å²) in [7, 11) is 0. The third-order valence-corrected chi connectivity index (χ3v) is 4.33. The lowest BCUT2D eigenvalue weighted by atomic mass is 9.84. The highest BCUT2D eigenvalue weighted by molar-refractivity contribution is 6.06. The summed E-state index contributed by atoms with van der Waals surface area (Å²) in [6.45, 7) is 4.20. The highest BCUT2D eigenvalue weighted by Gasteiger charge is 2.31. The number of allylic oxidation sites excluding steroid dienone is 2. The summed E-state index contributed by atoms with van der Waals surface area (Å²) in [5.74, 6) is 0. The summed E-state index contributed by atoms with van der Waals surface area (Å²) in [5.41, 5.74) is 8.78. The molecule has 0 saturated heterocycles. The maximum absolute atomic E-state index is 4.74. The largest absolute Gasteiger partial charge is 0.338 e. The molecule has 0 unspecified atom stereocenters. The topological polar surface area (TPSA) is 15.6 Å². The Bertz CT molecular complexity index is 586. The number of anilines is 1. The predicted molar refractivity (Wildman–Crippen MR) is 82.7 cm³/mol. The van der Waals surface area contributed by atoms with E-state index in [1.165, 1.54) is 47.5 Å². The molecule has 0 amide bonds. The van der Waals surface area contributed by atoms with Crippen LogP contribution >= 0.6 is 12.4 Å². The second-order valence-electron chi connectivity index (χ2n) is 5.59. The van der Waals surface area contributed by atoms with Crippen LogP contribution < -0.4 is 4.90 Å². The van der Waals surface area contributed by atoms with Crippen molar-refractivity contribution in [2.24, 2.45) is 4.99 Å². The molecular formula is C16H19ClN2. The summed E-state index contributed by atoms with van der Waals surface area (Å²) in [4.78, 5) is 7.26. The van der Waals surface area contributed by atoms with E-state index in [1.807, 2.05) is 0 Å². The summed E-state index contributed by atoms with van der Waals surface area (Å²) >= 11 is 0. The van der Waals surface area contributed by atoms with E-state index in [9.17, 15) is 0 Å². The zero-order valence-electron chi connectivity index (χ0n) is 11.3. The third kappa shape index (κ3) is 1.90. The number of hydrogen-bond acceptors (Lipinski definition) is 2. The summed E-state index contributed by atoms with van der Waals surface area (Å²) in [6.07, 6.45) is 4.86. The van der Waals surface area contributed by atoms with Gasteiger partial charge in [-0.25, -0.2) is 0 Å². The van der Waals surface area contributed by atoms with Gasteiger partial charge in [-0.2, -0.15) is 0 Å². The lowest BCUT2D eigenvalue weighted by Gasteiger charge is -2.40. The molecule has 0 saturated carbocycles. The number of halogens is 1. The first-order chi connectivity index (χ1) is 8.83. The highest BCUT2D eigenvalue weighted by Crippen LogP contribution is 2.40. The Morgan fingerprint density at radius 2 is 2.11 bits per heavy atom. The van der Waals surface area contributed by atoms with Gasteiger partial charge in [0.05, 0.1) is 18.0 Å². The molecule has 0 aromatic heterocycles. The number of benzene rings is 1. The van der Waals surface area contributed by atoms with Crippen LogP contribution in [0.3, 0.4) is 0 Å². The van der Waals surface area contributed by atoms with Crippen LogP contribution in [0.2, 0.25) is 0 Å². The second-order valence-corrected chi connectivity index (χ2v) is 5.59. The Hall–Kier alpha value is -1.28. The van der Waals surface area contributed by atoms with E-state index in [0.717, 1.165) is 19.5 Å². The van der Waals surface area contributed by atoms with Crippen LogP contribution in [0.5, 0.6) is 0 Å². The molecule has 4 rings (SSSR count). The Morgan fingerprint density at radius 3 is 3.00 bits per heavy atom. The molecule has 2 heterocycles. The lowest BCUT2D eigenvalue weighted by molar-refractivity contribution is 0.727. The SMILES string of the molecule is Cc1ccc2c(c1)CC1=C3C(=NCCN32)CCC1.Cl. The molecular weight excluding hydrogens is 256 g/mol. The predicted octanol–water partition coefficient (Wildman–Crippen LogP) is 3.67. The van der Waals surface area contributed by atoms with Gasteiger partial charge in [-0.15, -0.1) is 12.4 Å². The first-order valence-electron chi connectivity index (χ1n) is 6.96. The number of nitrogens with zero attached hydrogens (tertiary/aromatic N) is 2. The zero-order valence-corrected chi connectivity index (χ0v) is 12.1. The number of fused-ring (bicyclic) bond motifs is 2. The fourth-order valence-corrected chi connectivity index (χ4v) is 3.57. The average Bonchev–Trinajstić information content (AvgIpc) is 2.39. The maximum Gasteiger partial charge on any atom is 0.0620 e. The fourth-order valence-electron chi connectivity index (χ4n) is 3.57. The van der Waals surface area contributed by atoms with Crippen molar-refractivity contribution in [2.75, 3.05) is 18.0 Å². The second kappa shape index (κ2) is 4.68.